The van der Waals surface area contributed by atoms with Crippen LogP contribution < -0.4 is 5.32 Å². The highest BCUT2D eigenvalue weighted by Crippen LogP contribution is 2.28. The first kappa shape index (κ1) is 26.6. The Morgan fingerprint density at radius 1 is 0.973 bits per heavy atom. The van der Waals surface area contributed by atoms with Gasteiger partial charge in [0.25, 0.3) is 0 Å². The predicted octanol–water partition coefficient (Wildman–Crippen LogP) is 6.42. The zero-order valence-corrected chi connectivity index (χ0v) is 22.0. The number of aromatic nitrogens is 2. The van der Waals surface area contributed by atoms with Crippen molar-refractivity contribution in [1.82, 2.24) is 14.9 Å². The van der Waals surface area contributed by atoms with E-state index in [1.807, 2.05) is 66.7 Å². The molecule has 3 aromatic carbocycles. The molecular formula is C31H34ClN3O2. The van der Waals surface area contributed by atoms with Gasteiger partial charge in [0.05, 0.1) is 12.2 Å². The SMILES string of the molecule is CCCCc1nc(-c2ccccc2)c(CCN[C@@H](Cc2ccccc2)C(=O)O)n1Cc1ccccc1Cl. The van der Waals surface area contributed by atoms with Crippen LogP contribution in [0.3, 0.4) is 0 Å². The zero-order chi connectivity index (χ0) is 26.0. The third-order valence-corrected chi connectivity index (χ3v) is 6.94. The van der Waals surface area contributed by atoms with Gasteiger partial charge in [-0.2, -0.15) is 0 Å². The zero-order valence-electron chi connectivity index (χ0n) is 21.2. The standard InChI is InChI=1S/C31H34ClN3O2/c1-2-3-18-29-34-30(24-14-8-5-9-15-24)28(35(29)22-25-16-10-11-17-26(25)32)19-20-33-27(31(36)37)21-23-12-6-4-7-13-23/h4-17,27,33H,2-3,18-22H2,1H3,(H,36,37)/t27-/m0/s1. The number of aryl methyl sites for hydroxylation is 1. The summed E-state index contributed by atoms with van der Waals surface area (Å²) in [7, 11) is 0. The quantitative estimate of drug-likeness (QED) is 0.215. The largest absolute Gasteiger partial charge is 0.480 e. The Kier molecular flexibility index (Phi) is 9.52. The molecule has 0 amide bonds. The molecule has 6 heteroatoms. The van der Waals surface area contributed by atoms with Crippen LogP contribution in [-0.4, -0.2) is 33.2 Å². The van der Waals surface area contributed by atoms with E-state index in [1.54, 1.807) is 0 Å². The monoisotopic (exact) mass is 515 g/mol. The van der Waals surface area contributed by atoms with E-state index in [-0.39, 0.29) is 0 Å². The second-order valence-electron chi connectivity index (χ2n) is 9.26. The number of carboxylic acids is 1. The molecule has 0 aliphatic heterocycles. The summed E-state index contributed by atoms with van der Waals surface area (Å²) in [6.07, 6.45) is 4.08. The molecule has 192 valence electrons. The molecule has 0 aliphatic carbocycles. The molecule has 1 heterocycles. The highest BCUT2D eigenvalue weighted by atomic mass is 35.5. The number of halogens is 1. The number of hydrogen-bond acceptors (Lipinski definition) is 3. The second kappa shape index (κ2) is 13.2. The van der Waals surface area contributed by atoms with Crippen molar-refractivity contribution in [2.24, 2.45) is 0 Å². The molecule has 0 bridgehead atoms. The second-order valence-corrected chi connectivity index (χ2v) is 9.66. The Morgan fingerprint density at radius 2 is 1.65 bits per heavy atom. The van der Waals surface area contributed by atoms with Crippen LogP contribution in [0.15, 0.2) is 84.9 Å². The van der Waals surface area contributed by atoms with E-state index in [9.17, 15) is 9.90 Å². The minimum atomic E-state index is -0.847. The number of benzene rings is 3. The van der Waals surface area contributed by atoms with Gasteiger partial charge in [0.1, 0.15) is 11.9 Å². The number of nitrogens with one attached hydrogen (secondary N) is 1. The molecule has 0 spiro atoms. The smallest absolute Gasteiger partial charge is 0.321 e. The molecule has 4 rings (SSSR count). The van der Waals surface area contributed by atoms with Crippen LogP contribution in [0.5, 0.6) is 0 Å². The molecule has 1 aromatic heterocycles. The molecule has 1 atom stereocenters. The average molecular weight is 516 g/mol. The van der Waals surface area contributed by atoms with Crippen LogP contribution in [0.25, 0.3) is 11.3 Å². The Balaban J connectivity index is 1.64. The fourth-order valence-electron chi connectivity index (χ4n) is 4.59. The van der Waals surface area contributed by atoms with Crippen molar-refractivity contribution in [3.8, 4) is 11.3 Å². The number of nitrogens with zero attached hydrogens (tertiary/aromatic N) is 2. The van der Waals surface area contributed by atoms with Crippen molar-refractivity contribution in [2.75, 3.05) is 6.54 Å². The highest BCUT2D eigenvalue weighted by molar-refractivity contribution is 6.31. The van der Waals surface area contributed by atoms with Crippen molar-refractivity contribution in [3.05, 3.63) is 113 Å². The molecular weight excluding hydrogens is 482 g/mol. The van der Waals surface area contributed by atoms with Gasteiger partial charge in [-0.1, -0.05) is 104 Å². The Hall–Kier alpha value is -3.41. The maximum absolute atomic E-state index is 12.0. The van der Waals surface area contributed by atoms with Crippen molar-refractivity contribution in [2.45, 2.75) is 51.6 Å². The molecule has 0 unspecified atom stereocenters. The first-order chi connectivity index (χ1) is 18.1. The van der Waals surface area contributed by atoms with Crippen LogP contribution >= 0.6 is 11.6 Å². The molecule has 2 N–H and O–H groups in total. The fraction of sp³-hybridized carbons (Fsp3) is 0.290. The number of hydrogen-bond donors (Lipinski definition) is 2. The lowest BCUT2D eigenvalue weighted by Gasteiger charge is -2.17. The topological polar surface area (TPSA) is 67.2 Å². The normalized spacial score (nSPS) is 11.9. The van der Waals surface area contributed by atoms with Crippen molar-refractivity contribution >= 4 is 17.6 Å². The third-order valence-electron chi connectivity index (χ3n) is 6.57. The summed E-state index contributed by atoms with van der Waals surface area (Å²) >= 11 is 6.55. The molecule has 4 aromatic rings. The lowest BCUT2D eigenvalue weighted by Crippen LogP contribution is -2.39. The van der Waals surface area contributed by atoms with Gasteiger partial charge in [-0.15, -0.1) is 0 Å². The predicted molar refractivity (Wildman–Crippen MR) is 150 cm³/mol. The van der Waals surface area contributed by atoms with Gasteiger partial charge in [-0.3, -0.25) is 4.79 Å². The van der Waals surface area contributed by atoms with Gasteiger partial charge in [-0.05, 0) is 30.0 Å². The van der Waals surface area contributed by atoms with E-state index in [2.05, 4.69) is 35.0 Å². The first-order valence-corrected chi connectivity index (χ1v) is 13.3. The molecule has 0 aliphatic rings. The summed E-state index contributed by atoms with van der Waals surface area (Å²) in [5.41, 5.74) is 5.15. The highest BCUT2D eigenvalue weighted by Gasteiger charge is 2.21. The van der Waals surface area contributed by atoms with E-state index in [1.165, 1.54) is 0 Å². The van der Waals surface area contributed by atoms with Crippen LogP contribution in [0.2, 0.25) is 5.02 Å². The van der Waals surface area contributed by atoms with Gasteiger partial charge >= 0.3 is 5.97 Å². The Morgan fingerprint density at radius 3 is 2.32 bits per heavy atom. The fourth-order valence-corrected chi connectivity index (χ4v) is 4.78. The summed E-state index contributed by atoms with van der Waals surface area (Å²) < 4.78 is 2.29. The van der Waals surface area contributed by atoms with Crippen molar-refractivity contribution < 1.29 is 9.90 Å². The van der Waals surface area contributed by atoms with Crippen LogP contribution in [0.1, 0.15) is 42.4 Å². The lowest BCUT2D eigenvalue weighted by molar-refractivity contribution is -0.139. The first-order valence-electron chi connectivity index (χ1n) is 12.9. The number of rotatable bonds is 13. The van der Waals surface area contributed by atoms with Crippen molar-refractivity contribution in [1.29, 1.82) is 0 Å². The minimum Gasteiger partial charge on any atom is -0.480 e. The number of aliphatic carboxylic acids is 1. The molecule has 0 fully saturated rings. The number of unbranched alkanes of at least 4 members (excludes halogenated alkanes) is 1. The minimum absolute atomic E-state index is 0.433. The van der Waals surface area contributed by atoms with Gasteiger partial charge in [0.15, 0.2) is 0 Å². The van der Waals surface area contributed by atoms with Gasteiger partial charge in [-0.25, -0.2) is 4.98 Å². The van der Waals surface area contributed by atoms with E-state index in [4.69, 9.17) is 16.6 Å². The Bertz CT molecular complexity index is 1290. The van der Waals surface area contributed by atoms with Crippen molar-refractivity contribution in [3.63, 3.8) is 0 Å². The number of carboxylic acid groups (broad SMARTS) is 1. The van der Waals surface area contributed by atoms with Crippen LogP contribution in [-0.2, 0) is 30.6 Å². The molecule has 37 heavy (non-hydrogen) atoms. The van der Waals surface area contributed by atoms with E-state index in [0.717, 1.165) is 58.2 Å². The van der Waals surface area contributed by atoms with E-state index >= 15 is 0 Å². The summed E-state index contributed by atoms with van der Waals surface area (Å²) in [5, 5.41) is 13.9. The summed E-state index contributed by atoms with van der Waals surface area (Å²) in [6.45, 7) is 3.33. The lowest BCUT2D eigenvalue weighted by atomic mass is 10.1. The average Bonchev–Trinajstić information content (AvgIpc) is 3.26. The van der Waals surface area contributed by atoms with E-state index in [0.29, 0.717) is 25.9 Å². The third kappa shape index (κ3) is 7.09. The van der Waals surface area contributed by atoms with Crippen LogP contribution in [0, 0.1) is 0 Å². The number of imidazole rings is 1. The van der Waals surface area contributed by atoms with Gasteiger partial charge in [0, 0.05) is 35.7 Å². The summed E-state index contributed by atoms with van der Waals surface area (Å²) in [4.78, 5) is 17.1. The summed E-state index contributed by atoms with van der Waals surface area (Å²) in [6, 6.07) is 27.2. The summed E-state index contributed by atoms with van der Waals surface area (Å²) in [5.74, 6) is 0.190. The maximum Gasteiger partial charge on any atom is 0.321 e. The van der Waals surface area contributed by atoms with Gasteiger partial charge < -0.3 is 15.0 Å². The number of carbonyl (C=O) groups is 1. The molecule has 0 radical (unpaired) electrons. The van der Waals surface area contributed by atoms with Crippen LogP contribution in [0.4, 0.5) is 0 Å². The van der Waals surface area contributed by atoms with E-state index < -0.39 is 12.0 Å². The molecule has 0 saturated carbocycles. The Labute approximate surface area is 224 Å². The van der Waals surface area contributed by atoms with Gasteiger partial charge in [0.2, 0.25) is 0 Å². The molecule has 5 nitrogen and oxygen atoms in total. The maximum atomic E-state index is 12.0. The molecule has 0 saturated heterocycles.